The van der Waals surface area contributed by atoms with E-state index in [9.17, 15) is 20.0 Å². The molecule has 0 unspecified atom stereocenters. The average molecular weight is 315 g/mol. The first-order chi connectivity index (χ1) is 11.0. The van der Waals surface area contributed by atoms with Gasteiger partial charge in [-0.05, 0) is 29.8 Å². The Morgan fingerprint density at radius 1 is 1.22 bits per heavy atom. The van der Waals surface area contributed by atoms with Gasteiger partial charge in [0.1, 0.15) is 5.75 Å². The van der Waals surface area contributed by atoms with Crippen molar-refractivity contribution < 1.29 is 19.9 Å². The third kappa shape index (κ3) is 4.53. The molecule has 3 N–H and O–H groups in total. The highest BCUT2D eigenvalue weighted by molar-refractivity contribution is 5.84. The monoisotopic (exact) mass is 315 g/mol. The largest absolute Gasteiger partial charge is 0.508 e. The summed E-state index contributed by atoms with van der Waals surface area (Å²) in [5.74, 6) is -0.704. The number of nitrogens with zero attached hydrogens (tertiary/aromatic N) is 2. The lowest BCUT2D eigenvalue weighted by Crippen LogP contribution is -2.19. The average Bonchev–Trinajstić information content (AvgIpc) is 2.51. The predicted molar refractivity (Wildman–Crippen MR) is 82.3 cm³/mol. The van der Waals surface area contributed by atoms with Crippen LogP contribution in [0, 0.1) is 10.1 Å². The van der Waals surface area contributed by atoms with Crippen molar-refractivity contribution in [2.24, 2.45) is 5.10 Å². The van der Waals surface area contributed by atoms with Crippen molar-refractivity contribution >= 4 is 17.8 Å². The maximum atomic E-state index is 11.7. The van der Waals surface area contributed by atoms with E-state index in [0.29, 0.717) is 11.1 Å². The lowest BCUT2D eigenvalue weighted by atomic mass is 10.1. The Balaban J connectivity index is 1.96. The number of phenols is 2. The Labute approximate surface area is 130 Å². The minimum atomic E-state index is -0.712. The van der Waals surface area contributed by atoms with Gasteiger partial charge in [-0.3, -0.25) is 14.9 Å². The number of nitro groups is 1. The van der Waals surface area contributed by atoms with E-state index in [1.165, 1.54) is 30.5 Å². The quantitative estimate of drug-likeness (QED) is 0.440. The smallest absolute Gasteiger partial charge is 0.311 e. The van der Waals surface area contributed by atoms with Crippen LogP contribution in [0.15, 0.2) is 47.6 Å². The Morgan fingerprint density at radius 2 is 1.91 bits per heavy atom. The number of hydrazone groups is 1. The van der Waals surface area contributed by atoms with E-state index in [0.717, 1.165) is 6.07 Å². The van der Waals surface area contributed by atoms with Crippen LogP contribution < -0.4 is 5.43 Å². The van der Waals surface area contributed by atoms with Gasteiger partial charge in [0.15, 0.2) is 5.75 Å². The SMILES string of the molecule is O=C(Cc1ccc(O)cc1)N/N=C\c1ccc(O)c([N+](=O)[O-])c1. The van der Waals surface area contributed by atoms with Gasteiger partial charge in [0.2, 0.25) is 5.91 Å². The number of phenolic OH excluding ortho intramolecular Hbond substituents is 2. The van der Waals surface area contributed by atoms with Crippen LogP contribution in [0.2, 0.25) is 0 Å². The summed E-state index contributed by atoms with van der Waals surface area (Å²) in [7, 11) is 0. The number of hydrogen-bond donors (Lipinski definition) is 3. The Bertz CT molecular complexity index is 756. The standard InChI is InChI=1S/C15H13N3O5/c19-12-4-1-10(2-5-12)8-15(21)17-16-9-11-3-6-14(20)13(7-11)18(22)23/h1-7,9,19-20H,8H2,(H,17,21)/b16-9-. The van der Waals surface area contributed by atoms with Crippen LogP contribution in [0.3, 0.4) is 0 Å². The molecule has 23 heavy (non-hydrogen) atoms. The minimum absolute atomic E-state index is 0.0767. The van der Waals surface area contributed by atoms with E-state index in [1.54, 1.807) is 12.1 Å². The molecular weight excluding hydrogens is 302 g/mol. The number of nitro benzene ring substituents is 1. The van der Waals surface area contributed by atoms with Crippen LogP contribution in [0.4, 0.5) is 5.69 Å². The number of rotatable bonds is 5. The van der Waals surface area contributed by atoms with E-state index in [1.807, 2.05) is 0 Å². The molecule has 0 aliphatic carbocycles. The highest BCUT2D eigenvalue weighted by Gasteiger charge is 2.12. The van der Waals surface area contributed by atoms with E-state index >= 15 is 0 Å². The molecule has 2 rings (SSSR count). The number of hydrogen-bond acceptors (Lipinski definition) is 6. The van der Waals surface area contributed by atoms with Crippen molar-refractivity contribution in [3.8, 4) is 11.5 Å². The van der Waals surface area contributed by atoms with Gasteiger partial charge >= 0.3 is 5.69 Å². The summed E-state index contributed by atoms with van der Waals surface area (Å²) in [6.07, 6.45) is 1.31. The van der Waals surface area contributed by atoms with Crippen LogP contribution in [-0.4, -0.2) is 27.3 Å². The zero-order valence-corrected chi connectivity index (χ0v) is 11.8. The maximum Gasteiger partial charge on any atom is 0.311 e. The first kappa shape index (κ1) is 16.0. The molecule has 0 saturated carbocycles. The van der Waals surface area contributed by atoms with E-state index in [-0.39, 0.29) is 18.1 Å². The lowest BCUT2D eigenvalue weighted by molar-refractivity contribution is -0.385. The third-order valence-corrected chi connectivity index (χ3v) is 2.90. The van der Waals surface area contributed by atoms with Gasteiger partial charge in [-0.1, -0.05) is 12.1 Å². The molecule has 0 aromatic heterocycles. The number of carbonyl (C=O) groups is 1. The molecule has 0 aliphatic heterocycles. The molecule has 8 heteroatoms. The fourth-order valence-electron chi connectivity index (χ4n) is 1.78. The normalized spacial score (nSPS) is 10.6. The zero-order chi connectivity index (χ0) is 16.8. The molecule has 0 spiro atoms. The van der Waals surface area contributed by atoms with Crippen LogP contribution in [0.1, 0.15) is 11.1 Å². The molecule has 0 radical (unpaired) electrons. The summed E-state index contributed by atoms with van der Waals surface area (Å²) in [5.41, 5.74) is 2.92. The van der Waals surface area contributed by atoms with Crippen LogP contribution in [-0.2, 0) is 11.2 Å². The van der Waals surface area contributed by atoms with Gasteiger partial charge in [0.05, 0.1) is 17.6 Å². The van der Waals surface area contributed by atoms with Crippen molar-refractivity contribution in [2.45, 2.75) is 6.42 Å². The van der Waals surface area contributed by atoms with Gasteiger partial charge in [0, 0.05) is 11.6 Å². The van der Waals surface area contributed by atoms with Crippen molar-refractivity contribution in [3.05, 3.63) is 63.7 Å². The summed E-state index contributed by atoms with van der Waals surface area (Å²) in [6, 6.07) is 9.92. The molecule has 0 fully saturated rings. The highest BCUT2D eigenvalue weighted by atomic mass is 16.6. The Kier molecular flexibility index (Phi) is 4.88. The lowest BCUT2D eigenvalue weighted by Gasteiger charge is -2.01. The van der Waals surface area contributed by atoms with Crippen molar-refractivity contribution in [1.82, 2.24) is 5.43 Å². The predicted octanol–water partition coefficient (Wildman–Crippen LogP) is 1.70. The number of benzene rings is 2. The van der Waals surface area contributed by atoms with Gasteiger partial charge in [-0.15, -0.1) is 0 Å². The van der Waals surface area contributed by atoms with Crippen molar-refractivity contribution in [1.29, 1.82) is 0 Å². The van der Waals surface area contributed by atoms with Gasteiger partial charge in [-0.2, -0.15) is 5.10 Å². The van der Waals surface area contributed by atoms with Crippen LogP contribution >= 0.6 is 0 Å². The summed E-state index contributed by atoms with van der Waals surface area (Å²) in [6.45, 7) is 0. The molecule has 0 bridgehead atoms. The first-order valence-electron chi connectivity index (χ1n) is 6.53. The molecule has 2 aromatic rings. The molecule has 8 nitrogen and oxygen atoms in total. The van der Waals surface area contributed by atoms with E-state index in [4.69, 9.17) is 5.11 Å². The Hall–Kier alpha value is -3.42. The summed E-state index contributed by atoms with van der Waals surface area (Å²) >= 11 is 0. The fraction of sp³-hybridized carbons (Fsp3) is 0.0667. The van der Waals surface area contributed by atoms with Crippen LogP contribution in [0.25, 0.3) is 0 Å². The Morgan fingerprint density at radius 3 is 2.57 bits per heavy atom. The fourth-order valence-corrected chi connectivity index (χ4v) is 1.78. The summed E-state index contributed by atoms with van der Waals surface area (Å²) < 4.78 is 0. The van der Waals surface area contributed by atoms with E-state index < -0.39 is 16.4 Å². The number of nitrogens with one attached hydrogen (secondary N) is 1. The summed E-state index contributed by atoms with van der Waals surface area (Å²) in [5, 5.41) is 32.9. The number of amides is 1. The molecule has 0 aliphatic rings. The van der Waals surface area contributed by atoms with Crippen LogP contribution in [0.5, 0.6) is 11.5 Å². The molecule has 2 aromatic carbocycles. The number of aromatic hydroxyl groups is 2. The number of carbonyl (C=O) groups excluding carboxylic acids is 1. The maximum absolute atomic E-state index is 11.7. The third-order valence-electron chi connectivity index (χ3n) is 2.90. The molecular formula is C15H13N3O5. The second-order valence-electron chi connectivity index (χ2n) is 4.64. The molecule has 1 amide bonds. The van der Waals surface area contributed by atoms with Gasteiger partial charge in [-0.25, -0.2) is 5.43 Å². The van der Waals surface area contributed by atoms with Crippen molar-refractivity contribution in [3.63, 3.8) is 0 Å². The van der Waals surface area contributed by atoms with Gasteiger partial charge in [0.25, 0.3) is 0 Å². The summed E-state index contributed by atoms with van der Waals surface area (Å²) in [4.78, 5) is 21.7. The van der Waals surface area contributed by atoms with Crippen molar-refractivity contribution in [2.75, 3.05) is 0 Å². The molecule has 0 saturated heterocycles. The van der Waals surface area contributed by atoms with Gasteiger partial charge < -0.3 is 10.2 Å². The second kappa shape index (κ2) is 7.03. The molecule has 0 atom stereocenters. The zero-order valence-electron chi connectivity index (χ0n) is 11.8. The minimum Gasteiger partial charge on any atom is -0.508 e. The molecule has 0 heterocycles. The topological polar surface area (TPSA) is 125 Å². The second-order valence-corrected chi connectivity index (χ2v) is 4.64. The first-order valence-corrected chi connectivity index (χ1v) is 6.53. The molecule has 118 valence electrons. The van der Waals surface area contributed by atoms with E-state index in [2.05, 4.69) is 10.5 Å². The highest BCUT2D eigenvalue weighted by Crippen LogP contribution is 2.25.